The van der Waals surface area contributed by atoms with E-state index in [1.807, 2.05) is 18.2 Å². The van der Waals surface area contributed by atoms with E-state index >= 15 is 0 Å². The lowest BCUT2D eigenvalue weighted by Gasteiger charge is -2.25. The van der Waals surface area contributed by atoms with Crippen LogP contribution >= 0.6 is 0 Å². The molecule has 1 saturated heterocycles. The van der Waals surface area contributed by atoms with E-state index in [0.29, 0.717) is 6.54 Å². The number of nitrogens with one attached hydrogen (secondary N) is 2. The monoisotopic (exact) mass is 383 g/mol. The number of nitrogens with zero attached hydrogens (tertiary/aromatic N) is 1. The number of rotatable bonds is 4. The summed E-state index contributed by atoms with van der Waals surface area (Å²) in [5, 5.41) is 5.16. The molecule has 28 heavy (non-hydrogen) atoms. The molecule has 1 heterocycles. The van der Waals surface area contributed by atoms with E-state index in [1.165, 1.54) is 17.7 Å². The quantitative estimate of drug-likeness (QED) is 0.797. The highest BCUT2D eigenvalue weighted by molar-refractivity contribution is 6.39. The molecule has 1 fully saturated rings. The van der Waals surface area contributed by atoms with E-state index in [-0.39, 0.29) is 11.7 Å². The molecular formula is C22H26FN3O2. The van der Waals surface area contributed by atoms with Crippen molar-refractivity contribution in [2.24, 2.45) is 0 Å². The molecule has 1 unspecified atom stereocenters. The second-order valence-electron chi connectivity index (χ2n) is 7.32. The molecule has 1 aliphatic rings. The zero-order valence-corrected chi connectivity index (χ0v) is 16.1. The van der Waals surface area contributed by atoms with E-state index in [4.69, 9.17) is 0 Å². The largest absolute Gasteiger partial charge is 0.344 e. The van der Waals surface area contributed by atoms with Crippen molar-refractivity contribution >= 4 is 17.5 Å². The highest BCUT2D eigenvalue weighted by Gasteiger charge is 2.23. The molecule has 0 aliphatic carbocycles. The van der Waals surface area contributed by atoms with Crippen molar-refractivity contribution in [3.05, 3.63) is 65.5 Å². The molecule has 148 valence electrons. The number of anilines is 1. The number of likely N-dealkylation sites (tertiary alicyclic amines) is 1. The average Bonchev–Trinajstić information content (AvgIpc) is 2.89. The first-order valence-electron chi connectivity index (χ1n) is 9.65. The third-order valence-electron chi connectivity index (χ3n) is 4.92. The third-order valence-corrected chi connectivity index (χ3v) is 4.92. The van der Waals surface area contributed by atoms with Crippen LogP contribution in [-0.2, 0) is 16.1 Å². The molecule has 2 aromatic carbocycles. The van der Waals surface area contributed by atoms with Gasteiger partial charge in [-0.25, -0.2) is 4.39 Å². The maximum atomic E-state index is 13.9. The Labute approximate surface area is 164 Å². The van der Waals surface area contributed by atoms with Crippen molar-refractivity contribution in [2.45, 2.75) is 38.8 Å². The molecule has 0 spiro atoms. The fourth-order valence-electron chi connectivity index (χ4n) is 3.47. The molecule has 0 aromatic heterocycles. The van der Waals surface area contributed by atoms with Crippen LogP contribution in [0.4, 0.5) is 10.1 Å². The van der Waals surface area contributed by atoms with Gasteiger partial charge in [0, 0.05) is 19.1 Å². The molecule has 0 bridgehead atoms. The Kier molecular flexibility index (Phi) is 6.76. The summed E-state index contributed by atoms with van der Waals surface area (Å²) in [6, 6.07) is 14.6. The summed E-state index contributed by atoms with van der Waals surface area (Å²) in [4.78, 5) is 26.8. The van der Waals surface area contributed by atoms with E-state index in [9.17, 15) is 14.0 Å². The van der Waals surface area contributed by atoms with Gasteiger partial charge in [0.25, 0.3) is 0 Å². The smallest absolute Gasteiger partial charge is 0.313 e. The average molecular weight is 383 g/mol. The van der Waals surface area contributed by atoms with Crippen LogP contribution in [0.15, 0.2) is 48.5 Å². The predicted molar refractivity (Wildman–Crippen MR) is 107 cm³/mol. The number of carbonyl (C=O) groups excluding carboxylic acids is 2. The molecule has 0 radical (unpaired) electrons. The predicted octanol–water partition coefficient (Wildman–Crippen LogP) is 3.24. The number of hydrogen-bond donors (Lipinski definition) is 2. The van der Waals surface area contributed by atoms with Crippen molar-refractivity contribution in [1.29, 1.82) is 0 Å². The molecule has 1 aliphatic heterocycles. The molecule has 2 N–H and O–H groups in total. The number of carbonyl (C=O) groups is 2. The van der Waals surface area contributed by atoms with Gasteiger partial charge in [0.05, 0.1) is 5.69 Å². The minimum atomic E-state index is -0.846. The van der Waals surface area contributed by atoms with E-state index < -0.39 is 17.6 Å². The normalized spacial score (nSPS) is 17.6. The van der Waals surface area contributed by atoms with Gasteiger partial charge < -0.3 is 10.6 Å². The SMILES string of the molecule is Cc1ccc(NC(=O)C(=O)NC2CCCCN(Cc3ccccc3)C2)c(F)c1. The van der Waals surface area contributed by atoms with Gasteiger partial charge in [0.2, 0.25) is 0 Å². The Morgan fingerprint density at radius 1 is 1.11 bits per heavy atom. The minimum Gasteiger partial charge on any atom is -0.344 e. The summed E-state index contributed by atoms with van der Waals surface area (Å²) >= 11 is 0. The lowest BCUT2D eigenvalue weighted by molar-refractivity contribution is -0.136. The summed E-state index contributed by atoms with van der Waals surface area (Å²) < 4.78 is 13.9. The summed E-state index contributed by atoms with van der Waals surface area (Å²) in [6.07, 6.45) is 2.87. The molecule has 0 saturated carbocycles. The van der Waals surface area contributed by atoms with Gasteiger partial charge in [-0.15, -0.1) is 0 Å². The lowest BCUT2D eigenvalue weighted by Crippen LogP contribution is -2.46. The van der Waals surface area contributed by atoms with Gasteiger partial charge >= 0.3 is 11.8 Å². The molecular weight excluding hydrogens is 357 g/mol. The summed E-state index contributed by atoms with van der Waals surface area (Å²) in [6.45, 7) is 4.22. The summed E-state index contributed by atoms with van der Waals surface area (Å²) in [5.74, 6) is -2.13. The maximum absolute atomic E-state index is 13.9. The van der Waals surface area contributed by atoms with Crippen LogP contribution in [0.5, 0.6) is 0 Å². The summed E-state index contributed by atoms with van der Waals surface area (Å²) in [7, 11) is 0. The molecule has 5 nitrogen and oxygen atoms in total. The van der Waals surface area contributed by atoms with Crippen LogP contribution in [0.3, 0.4) is 0 Å². The molecule has 6 heteroatoms. The Morgan fingerprint density at radius 2 is 1.89 bits per heavy atom. The zero-order chi connectivity index (χ0) is 19.9. The van der Waals surface area contributed by atoms with Gasteiger partial charge in [-0.3, -0.25) is 14.5 Å². The molecule has 3 rings (SSSR count). The van der Waals surface area contributed by atoms with Crippen molar-refractivity contribution in [1.82, 2.24) is 10.2 Å². The highest BCUT2D eigenvalue weighted by atomic mass is 19.1. The van der Waals surface area contributed by atoms with Crippen molar-refractivity contribution in [2.75, 3.05) is 18.4 Å². The van der Waals surface area contributed by atoms with Crippen LogP contribution in [0.1, 0.15) is 30.4 Å². The topological polar surface area (TPSA) is 61.4 Å². The van der Waals surface area contributed by atoms with Crippen LogP contribution < -0.4 is 10.6 Å². The third kappa shape index (κ3) is 5.63. The van der Waals surface area contributed by atoms with Crippen LogP contribution in [-0.4, -0.2) is 35.8 Å². The Morgan fingerprint density at radius 3 is 2.64 bits per heavy atom. The minimum absolute atomic E-state index is 0.0114. The van der Waals surface area contributed by atoms with Crippen molar-refractivity contribution < 1.29 is 14.0 Å². The van der Waals surface area contributed by atoms with Gasteiger partial charge in [0.1, 0.15) is 5.82 Å². The number of amides is 2. The lowest BCUT2D eigenvalue weighted by atomic mass is 10.1. The Hall–Kier alpha value is -2.73. The molecule has 1 atom stereocenters. The maximum Gasteiger partial charge on any atom is 0.313 e. The van der Waals surface area contributed by atoms with Crippen LogP contribution in [0.25, 0.3) is 0 Å². The fraction of sp³-hybridized carbons (Fsp3) is 0.364. The van der Waals surface area contributed by atoms with Gasteiger partial charge in [-0.05, 0) is 49.6 Å². The molecule has 2 amide bonds. The standard InChI is InChI=1S/C22H26FN3O2/c1-16-10-11-20(19(23)13-16)25-22(28)21(27)24-18-9-5-6-12-26(15-18)14-17-7-3-2-4-8-17/h2-4,7-8,10-11,13,18H,5-6,9,12,14-15H2,1H3,(H,24,27)(H,25,28). The van der Waals surface area contributed by atoms with E-state index in [2.05, 4.69) is 27.7 Å². The number of halogens is 1. The van der Waals surface area contributed by atoms with Crippen molar-refractivity contribution in [3.63, 3.8) is 0 Å². The van der Waals surface area contributed by atoms with Gasteiger partial charge in [-0.2, -0.15) is 0 Å². The zero-order valence-electron chi connectivity index (χ0n) is 16.1. The first-order valence-corrected chi connectivity index (χ1v) is 9.65. The fourth-order valence-corrected chi connectivity index (χ4v) is 3.47. The van der Waals surface area contributed by atoms with E-state index in [1.54, 1.807) is 13.0 Å². The first-order chi connectivity index (χ1) is 13.5. The number of aryl methyl sites for hydroxylation is 1. The second kappa shape index (κ2) is 9.46. The van der Waals surface area contributed by atoms with Gasteiger partial charge in [-0.1, -0.05) is 42.8 Å². The van der Waals surface area contributed by atoms with Crippen molar-refractivity contribution in [3.8, 4) is 0 Å². The molecule has 2 aromatic rings. The number of hydrogen-bond acceptors (Lipinski definition) is 3. The highest BCUT2D eigenvalue weighted by Crippen LogP contribution is 2.16. The summed E-state index contributed by atoms with van der Waals surface area (Å²) in [5.41, 5.74) is 1.98. The Balaban J connectivity index is 1.56. The number of benzene rings is 2. The second-order valence-corrected chi connectivity index (χ2v) is 7.32. The first kappa shape index (κ1) is 20.0. The Bertz CT molecular complexity index is 826. The van der Waals surface area contributed by atoms with Gasteiger partial charge in [0.15, 0.2) is 0 Å². The van der Waals surface area contributed by atoms with Crippen LogP contribution in [0.2, 0.25) is 0 Å². The van der Waals surface area contributed by atoms with E-state index in [0.717, 1.165) is 37.9 Å². The van der Waals surface area contributed by atoms with Crippen LogP contribution in [0, 0.1) is 12.7 Å².